The molecule has 1 aromatic rings. The molecule has 1 aromatic heterocycles. The van der Waals surface area contributed by atoms with E-state index in [4.69, 9.17) is 11.6 Å². The van der Waals surface area contributed by atoms with Crippen molar-refractivity contribution in [2.24, 2.45) is 0 Å². The number of carbonyl (C=O) groups excluding carboxylic acids is 2. The predicted octanol–water partition coefficient (Wildman–Crippen LogP) is 2.07. The molecule has 1 unspecified atom stereocenters. The van der Waals surface area contributed by atoms with Crippen molar-refractivity contribution in [2.75, 3.05) is 11.9 Å². The molecule has 1 saturated heterocycles. The minimum absolute atomic E-state index is 0.0398. The molecule has 0 aliphatic carbocycles. The quantitative estimate of drug-likeness (QED) is 0.923. The lowest BCUT2D eigenvalue weighted by atomic mass is 10.1. The number of anilines is 1. The standard InChI is InChI=1S/C13H16ClN3O2/c1-9(17-7-3-2-4-12(17)18)13(19)16-11-6-5-10(14)8-15-11/h5-6,8-9H,2-4,7H2,1H3,(H,15,16,19). The van der Waals surface area contributed by atoms with E-state index in [9.17, 15) is 9.59 Å². The summed E-state index contributed by atoms with van der Waals surface area (Å²) >= 11 is 5.72. The first kappa shape index (κ1) is 13.8. The van der Waals surface area contributed by atoms with Crippen LogP contribution >= 0.6 is 11.6 Å². The van der Waals surface area contributed by atoms with Crippen LogP contribution in [0.2, 0.25) is 5.02 Å². The van der Waals surface area contributed by atoms with E-state index < -0.39 is 6.04 Å². The highest BCUT2D eigenvalue weighted by molar-refractivity contribution is 6.30. The summed E-state index contributed by atoms with van der Waals surface area (Å²) < 4.78 is 0. The van der Waals surface area contributed by atoms with E-state index in [0.717, 1.165) is 12.8 Å². The summed E-state index contributed by atoms with van der Waals surface area (Å²) in [7, 11) is 0. The van der Waals surface area contributed by atoms with Gasteiger partial charge in [-0.3, -0.25) is 9.59 Å². The molecule has 0 aromatic carbocycles. The minimum Gasteiger partial charge on any atom is -0.331 e. The highest BCUT2D eigenvalue weighted by Crippen LogP contribution is 2.15. The third-order valence-electron chi connectivity index (χ3n) is 3.19. The second kappa shape index (κ2) is 6.02. The van der Waals surface area contributed by atoms with Crippen LogP contribution in [0.15, 0.2) is 18.3 Å². The molecule has 1 aliphatic rings. The second-order valence-electron chi connectivity index (χ2n) is 4.57. The largest absolute Gasteiger partial charge is 0.331 e. The zero-order chi connectivity index (χ0) is 13.8. The summed E-state index contributed by atoms with van der Waals surface area (Å²) in [6.45, 7) is 2.37. The topological polar surface area (TPSA) is 62.3 Å². The molecule has 1 aliphatic heterocycles. The van der Waals surface area contributed by atoms with Gasteiger partial charge in [0.1, 0.15) is 11.9 Å². The fraction of sp³-hybridized carbons (Fsp3) is 0.462. The van der Waals surface area contributed by atoms with Crippen molar-refractivity contribution in [3.63, 3.8) is 0 Å². The Morgan fingerprint density at radius 1 is 1.47 bits per heavy atom. The van der Waals surface area contributed by atoms with Gasteiger partial charge in [-0.15, -0.1) is 0 Å². The van der Waals surface area contributed by atoms with Gasteiger partial charge in [0, 0.05) is 19.2 Å². The molecule has 1 N–H and O–H groups in total. The first-order valence-corrected chi connectivity index (χ1v) is 6.67. The van der Waals surface area contributed by atoms with E-state index >= 15 is 0 Å². The Morgan fingerprint density at radius 3 is 2.89 bits per heavy atom. The fourth-order valence-corrected chi connectivity index (χ4v) is 2.17. The Labute approximate surface area is 117 Å². The molecule has 102 valence electrons. The van der Waals surface area contributed by atoms with Gasteiger partial charge in [-0.1, -0.05) is 11.6 Å². The van der Waals surface area contributed by atoms with E-state index in [1.165, 1.54) is 6.20 Å². The Balaban J connectivity index is 1.98. The molecule has 5 nitrogen and oxygen atoms in total. The smallest absolute Gasteiger partial charge is 0.248 e. The van der Waals surface area contributed by atoms with Crippen LogP contribution in [0, 0.1) is 0 Å². The minimum atomic E-state index is -0.481. The first-order valence-electron chi connectivity index (χ1n) is 6.30. The summed E-state index contributed by atoms with van der Waals surface area (Å²) in [4.78, 5) is 29.4. The summed E-state index contributed by atoms with van der Waals surface area (Å²) in [5, 5.41) is 3.20. The van der Waals surface area contributed by atoms with Gasteiger partial charge >= 0.3 is 0 Å². The van der Waals surface area contributed by atoms with Gasteiger partial charge in [0.2, 0.25) is 11.8 Å². The average molecular weight is 282 g/mol. The number of piperidine rings is 1. The molecule has 2 amide bonds. The molecule has 2 rings (SSSR count). The van der Waals surface area contributed by atoms with Crippen LogP contribution in [-0.4, -0.2) is 34.3 Å². The van der Waals surface area contributed by atoms with Gasteiger partial charge < -0.3 is 10.2 Å². The number of likely N-dealkylation sites (tertiary alicyclic amines) is 1. The summed E-state index contributed by atoms with van der Waals surface area (Å²) in [5.41, 5.74) is 0. The third kappa shape index (κ3) is 3.44. The molecule has 6 heteroatoms. The molecular formula is C13H16ClN3O2. The first-order chi connectivity index (χ1) is 9.08. The molecular weight excluding hydrogens is 266 g/mol. The number of amides is 2. The molecule has 0 bridgehead atoms. The zero-order valence-corrected chi connectivity index (χ0v) is 11.5. The average Bonchev–Trinajstić information content (AvgIpc) is 2.41. The van der Waals surface area contributed by atoms with Gasteiger partial charge in [-0.25, -0.2) is 4.98 Å². The van der Waals surface area contributed by atoms with Crippen LogP contribution < -0.4 is 5.32 Å². The van der Waals surface area contributed by atoms with Crippen LogP contribution in [-0.2, 0) is 9.59 Å². The fourth-order valence-electron chi connectivity index (χ4n) is 2.06. The van der Waals surface area contributed by atoms with Gasteiger partial charge in [0.25, 0.3) is 0 Å². The molecule has 0 spiro atoms. The van der Waals surface area contributed by atoms with Gasteiger partial charge in [-0.2, -0.15) is 0 Å². The van der Waals surface area contributed by atoms with Crippen molar-refractivity contribution in [3.8, 4) is 0 Å². The second-order valence-corrected chi connectivity index (χ2v) is 5.01. The predicted molar refractivity (Wildman–Crippen MR) is 72.9 cm³/mol. The van der Waals surface area contributed by atoms with Crippen molar-refractivity contribution in [1.29, 1.82) is 0 Å². The Kier molecular flexibility index (Phi) is 4.37. The van der Waals surface area contributed by atoms with Crippen LogP contribution in [0.1, 0.15) is 26.2 Å². The van der Waals surface area contributed by atoms with Crippen LogP contribution in [0.25, 0.3) is 0 Å². The highest BCUT2D eigenvalue weighted by atomic mass is 35.5. The number of pyridine rings is 1. The van der Waals surface area contributed by atoms with Crippen molar-refractivity contribution >= 4 is 29.2 Å². The van der Waals surface area contributed by atoms with Crippen LogP contribution in [0.4, 0.5) is 5.82 Å². The molecule has 1 fully saturated rings. The number of rotatable bonds is 3. The Bertz CT molecular complexity index is 475. The van der Waals surface area contributed by atoms with E-state index in [1.54, 1.807) is 24.0 Å². The number of halogens is 1. The maximum Gasteiger partial charge on any atom is 0.248 e. The summed E-state index contributed by atoms with van der Waals surface area (Å²) in [5.74, 6) is 0.244. The van der Waals surface area contributed by atoms with E-state index in [-0.39, 0.29) is 11.8 Å². The van der Waals surface area contributed by atoms with Crippen molar-refractivity contribution < 1.29 is 9.59 Å². The van der Waals surface area contributed by atoms with Crippen LogP contribution in [0.5, 0.6) is 0 Å². The normalized spacial score (nSPS) is 17.2. The molecule has 2 heterocycles. The lowest BCUT2D eigenvalue weighted by molar-refractivity contribution is -0.140. The number of hydrogen-bond donors (Lipinski definition) is 1. The van der Waals surface area contributed by atoms with Crippen LogP contribution in [0.3, 0.4) is 0 Å². The number of nitrogens with zero attached hydrogens (tertiary/aromatic N) is 2. The zero-order valence-electron chi connectivity index (χ0n) is 10.7. The molecule has 19 heavy (non-hydrogen) atoms. The number of nitrogens with one attached hydrogen (secondary N) is 1. The molecule has 0 radical (unpaired) electrons. The lowest BCUT2D eigenvalue weighted by Crippen LogP contribution is -2.47. The van der Waals surface area contributed by atoms with Gasteiger partial charge in [0.15, 0.2) is 0 Å². The maximum absolute atomic E-state index is 12.1. The summed E-state index contributed by atoms with van der Waals surface area (Å²) in [6, 6.07) is 2.80. The highest BCUT2D eigenvalue weighted by Gasteiger charge is 2.27. The van der Waals surface area contributed by atoms with Gasteiger partial charge in [-0.05, 0) is 31.9 Å². The molecule has 1 atom stereocenters. The van der Waals surface area contributed by atoms with Crippen molar-refractivity contribution in [1.82, 2.24) is 9.88 Å². The van der Waals surface area contributed by atoms with E-state index in [1.807, 2.05) is 0 Å². The Morgan fingerprint density at radius 2 is 2.26 bits per heavy atom. The lowest BCUT2D eigenvalue weighted by Gasteiger charge is -2.31. The summed E-state index contributed by atoms with van der Waals surface area (Å²) in [6.07, 6.45) is 3.84. The van der Waals surface area contributed by atoms with Crippen molar-refractivity contribution in [3.05, 3.63) is 23.4 Å². The third-order valence-corrected chi connectivity index (χ3v) is 3.41. The van der Waals surface area contributed by atoms with Crippen molar-refractivity contribution in [2.45, 2.75) is 32.2 Å². The SMILES string of the molecule is CC(C(=O)Nc1ccc(Cl)cn1)N1CCCCC1=O. The number of carbonyl (C=O) groups is 2. The van der Waals surface area contributed by atoms with Gasteiger partial charge in [0.05, 0.1) is 5.02 Å². The van der Waals surface area contributed by atoms with E-state index in [0.29, 0.717) is 23.8 Å². The van der Waals surface area contributed by atoms with E-state index in [2.05, 4.69) is 10.3 Å². The number of aromatic nitrogens is 1. The monoisotopic (exact) mass is 281 g/mol. The Hall–Kier alpha value is -1.62. The molecule has 0 saturated carbocycles. The maximum atomic E-state index is 12.1. The number of hydrogen-bond acceptors (Lipinski definition) is 3.